The van der Waals surface area contributed by atoms with Crippen LogP contribution in [0.2, 0.25) is 0 Å². The van der Waals surface area contributed by atoms with Crippen molar-refractivity contribution >= 4 is 17.2 Å². The van der Waals surface area contributed by atoms with Crippen LogP contribution >= 0.6 is 0 Å². The van der Waals surface area contributed by atoms with Crippen LogP contribution in [0.15, 0.2) is 30.6 Å². The number of fused-ring (bicyclic) bond motifs is 5. The van der Waals surface area contributed by atoms with Crippen molar-refractivity contribution in [3.63, 3.8) is 0 Å². The minimum Gasteiger partial charge on any atom is -0.490 e. The average molecular weight is 471 g/mol. The summed E-state index contributed by atoms with van der Waals surface area (Å²) in [6.07, 6.45) is 3.21. The smallest absolute Gasteiger partial charge is 0.260 e. The summed E-state index contributed by atoms with van der Waals surface area (Å²) in [5.74, 6) is 0.185. The molecule has 0 aliphatic carbocycles. The monoisotopic (exact) mass is 471 g/mol. The lowest BCUT2D eigenvalue weighted by Gasteiger charge is -2.25. The zero-order chi connectivity index (χ0) is 23.7. The highest BCUT2D eigenvalue weighted by Gasteiger charge is 2.40. The van der Waals surface area contributed by atoms with Gasteiger partial charge in [0.15, 0.2) is 11.4 Å². The Balaban J connectivity index is 1.52. The summed E-state index contributed by atoms with van der Waals surface area (Å²) in [6, 6.07) is 4.46. The van der Waals surface area contributed by atoms with Gasteiger partial charge in [0.1, 0.15) is 18.5 Å². The quantitative estimate of drug-likeness (QED) is 0.564. The largest absolute Gasteiger partial charge is 0.490 e. The number of benzene rings is 1. The lowest BCUT2D eigenvalue weighted by molar-refractivity contribution is -0.138. The zero-order valence-electron chi connectivity index (χ0n) is 19.0. The van der Waals surface area contributed by atoms with E-state index in [2.05, 4.69) is 15.4 Å². The molecule has 4 heterocycles. The highest BCUT2D eigenvalue weighted by Crippen LogP contribution is 2.33. The Hall–Kier alpha value is -3.44. The fourth-order valence-electron chi connectivity index (χ4n) is 4.37. The number of rotatable bonds is 5. The van der Waals surface area contributed by atoms with Crippen molar-refractivity contribution in [2.75, 3.05) is 52.4 Å². The van der Waals surface area contributed by atoms with E-state index in [0.29, 0.717) is 60.9 Å². The fourth-order valence-corrected chi connectivity index (χ4v) is 4.37. The van der Waals surface area contributed by atoms with E-state index in [9.17, 15) is 9.18 Å². The summed E-state index contributed by atoms with van der Waals surface area (Å²) in [7, 11) is 3.11. The van der Waals surface area contributed by atoms with Gasteiger partial charge in [0.05, 0.1) is 38.8 Å². The van der Waals surface area contributed by atoms with E-state index < -0.39 is 11.9 Å². The SMILES string of the molecule is COCCO[C@@H]1C[C@H]2COc3nc4c(cnn4cc3OC)-c3cc(F)cc(c3)NCCN2C1=O. The molecule has 1 saturated heterocycles. The van der Waals surface area contributed by atoms with Crippen LogP contribution < -0.4 is 14.8 Å². The van der Waals surface area contributed by atoms with Crippen LogP contribution in [0.4, 0.5) is 10.1 Å². The molecule has 1 N–H and O–H groups in total. The molecule has 180 valence electrons. The van der Waals surface area contributed by atoms with Crippen LogP contribution in [0.25, 0.3) is 16.8 Å². The lowest BCUT2D eigenvalue weighted by Crippen LogP contribution is -2.41. The molecule has 11 heteroatoms. The summed E-state index contributed by atoms with van der Waals surface area (Å²) >= 11 is 0. The molecule has 0 radical (unpaired) electrons. The molecule has 34 heavy (non-hydrogen) atoms. The summed E-state index contributed by atoms with van der Waals surface area (Å²) in [5, 5.41) is 7.57. The molecule has 4 bridgehead atoms. The molecule has 1 aromatic carbocycles. The summed E-state index contributed by atoms with van der Waals surface area (Å²) in [4.78, 5) is 19.4. The third-order valence-electron chi connectivity index (χ3n) is 6.04. The third-order valence-corrected chi connectivity index (χ3v) is 6.04. The van der Waals surface area contributed by atoms with E-state index in [-0.39, 0.29) is 24.4 Å². The molecule has 2 aliphatic rings. The molecule has 0 saturated carbocycles. The maximum absolute atomic E-state index is 14.5. The highest BCUT2D eigenvalue weighted by molar-refractivity contribution is 5.84. The number of nitrogens with one attached hydrogen (secondary N) is 1. The van der Waals surface area contributed by atoms with E-state index in [4.69, 9.17) is 18.9 Å². The van der Waals surface area contributed by atoms with Crippen LogP contribution in [-0.4, -0.2) is 84.7 Å². The predicted molar refractivity (Wildman–Crippen MR) is 121 cm³/mol. The van der Waals surface area contributed by atoms with Crippen LogP contribution in [-0.2, 0) is 14.3 Å². The number of carbonyl (C=O) groups is 1. The summed E-state index contributed by atoms with van der Waals surface area (Å²) in [5.41, 5.74) is 2.40. The molecule has 2 aliphatic heterocycles. The van der Waals surface area contributed by atoms with Gasteiger partial charge < -0.3 is 29.2 Å². The second kappa shape index (κ2) is 9.43. The third kappa shape index (κ3) is 4.24. The molecule has 1 fully saturated rings. The van der Waals surface area contributed by atoms with Crippen molar-refractivity contribution in [3.8, 4) is 22.8 Å². The summed E-state index contributed by atoms with van der Waals surface area (Å²) in [6.45, 7) is 1.80. The van der Waals surface area contributed by atoms with Crippen molar-refractivity contribution in [1.82, 2.24) is 19.5 Å². The Kier molecular flexibility index (Phi) is 6.20. The Morgan fingerprint density at radius 3 is 2.97 bits per heavy atom. The molecule has 3 aromatic rings. The Morgan fingerprint density at radius 2 is 2.15 bits per heavy atom. The number of amides is 1. The van der Waals surface area contributed by atoms with Gasteiger partial charge in [0.2, 0.25) is 0 Å². The zero-order valence-corrected chi connectivity index (χ0v) is 19.0. The number of halogens is 1. The van der Waals surface area contributed by atoms with Gasteiger partial charge in [-0.2, -0.15) is 10.1 Å². The maximum atomic E-state index is 14.5. The van der Waals surface area contributed by atoms with Crippen LogP contribution in [0.1, 0.15) is 6.42 Å². The minimum atomic E-state index is -0.570. The fraction of sp³-hybridized carbons (Fsp3) is 0.435. The number of carbonyl (C=O) groups excluding carboxylic acids is 1. The number of ether oxygens (including phenoxy) is 4. The second-order valence-electron chi connectivity index (χ2n) is 8.18. The van der Waals surface area contributed by atoms with E-state index in [0.717, 1.165) is 0 Å². The average Bonchev–Trinajstić information content (AvgIpc) is 3.37. The molecule has 1 amide bonds. The predicted octanol–water partition coefficient (Wildman–Crippen LogP) is 1.98. The van der Waals surface area contributed by atoms with Gasteiger partial charge in [-0.1, -0.05) is 0 Å². The van der Waals surface area contributed by atoms with Crippen LogP contribution in [0, 0.1) is 5.82 Å². The summed E-state index contributed by atoms with van der Waals surface area (Å²) < 4.78 is 38.3. The van der Waals surface area contributed by atoms with Crippen LogP contribution in [0.5, 0.6) is 11.6 Å². The Morgan fingerprint density at radius 1 is 1.26 bits per heavy atom. The van der Waals surface area contributed by atoms with Crippen molar-refractivity contribution in [3.05, 3.63) is 36.4 Å². The molecule has 10 nitrogen and oxygen atoms in total. The standard InChI is InChI=1S/C23H26FN5O5/c1-31-5-6-33-19-10-17-13-34-22-20(32-2)12-29-21(27-22)18(11-26-29)14-7-15(24)9-16(8-14)25-3-4-28(17)23(19)30/h7-9,11-12,17,19,25H,3-6,10,13H2,1-2H3/t17-,19+/m0/s1. The van der Waals surface area contributed by atoms with Crippen molar-refractivity contribution in [2.45, 2.75) is 18.6 Å². The van der Waals surface area contributed by atoms with Gasteiger partial charge in [-0.25, -0.2) is 8.91 Å². The van der Waals surface area contributed by atoms with Gasteiger partial charge in [0, 0.05) is 37.9 Å². The first-order chi connectivity index (χ1) is 16.6. The molecule has 0 unspecified atom stereocenters. The van der Waals surface area contributed by atoms with Crippen molar-refractivity contribution in [2.24, 2.45) is 0 Å². The normalized spacial score (nSPS) is 20.1. The van der Waals surface area contributed by atoms with E-state index in [1.54, 1.807) is 28.9 Å². The molecular weight excluding hydrogens is 445 g/mol. The topological polar surface area (TPSA) is 99.4 Å². The number of anilines is 1. The van der Waals surface area contributed by atoms with Gasteiger partial charge in [0.25, 0.3) is 11.8 Å². The molecule has 2 aromatic heterocycles. The molecule has 5 rings (SSSR count). The van der Waals surface area contributed by atoms with Crippen molar-refractivity contribution < 1.29 is 28.1 Å². The van der Waals surface area contributed by atoms with Crippen LogP contribution in [0.3, 0.4) is 0 Å². The lowest BCUT2D eigenvalue weighted by atomic mass is 10.1. The van der Waals surface area contributed by atoms with Gasteiger partial charge in [-0.05, 0) is 23.8 Å². The van der Waals surface area contributed by atoms with Gasteiger partial charge in [-0.15, -0.1) is 0 Å². The second-order valence-corrected chi connectivity index (χ2v) is 8.18. The number of aromatic nitrogens is 3. The van der Waals surface area contributed by atoms with Gasteiger partial charge >= 0.3 is 0 Å². The molecule has 0 spiro atoms. The number of hydrogen-bond donors (Lipinski definition) is 1. The number of nitrogens with zero attached hydrogens (tertiary/aromatic N) is 4. The first-order valence-corrected chi connectivity index (χ1v) is 11.1. The van der Waals surface area contributed by atoms with E-state index in [1.807, 2.05) is 6.07 Å². The Labute approximate surface area is 195 Å². The minimum absolute atomic E-state index is 0.105. The molecule has 2 atom stereocenters. The first-order valence-electron chi connectivity index (χ1n) is 11.1. The maximum Gasteiger partial charge on any atom is 0.260 e. The van der Waals surface area contributed by atoms with E-state index >= 15 is 0 Å². The number of methoxy groups -OCH3 is 2. The highest BCUT2D eigenvalue weighted by atomic mass is 19.1. The Bertz CT molecular complexity index is 1200. The van der Waals surface area contributed by atoms with Gasteiger partial charge in [-0.3, -0.25) is 4.79 Å². The number of hydrogen-bond acceptors (Lipinski definition) is 8. The van der Waals surface area contributed by atoms with E-state index in [1.165, 1.54) is 19.2 Å². The molecular formula is C23H26FN5O5. The first kappa shape index (κ1) is 22.4. The van der Waals surface area contributed by atoms with Crippen molar-refractivity contribution in [1.29, 1.82) is 0 Å².